The molecule has 1 saturated carbocycles. The molecule has 1 heterocycles. The molecule has 0 radical (unpaired) electrons. The lowest BCUT2D eigenvalue weighted by Crippen LogP contribution is -2.57. The van der Waals surface area contributed by atoms with Crippen LogP contribution in [-0.4, -0.2) is 67.2 Å². The SMILES string of the molecule is CCCCN1C=NC(CSCc2ccccc2)(C(=O)OC)C1C1CCC(C(c2ccc(Cl)cc2)N(C)C)CC1. The van der Waals surface area contributed by atoms with Crippen LogP contribution in [0, 0.1) is 11.8 Å². The number of esters is 1. The van der Waals surface area contributed by atoms with Crippen molar-refractivity contribution in [1.82, 2.24) is 9.80 Å². The van der Waals surface area contributed by atoms with Gasteiger partial charge in [0.25, 0.3) is 0 Å². The molecule has 39 heavy (non-hydrogen) atoms. The van der Waals surface area contributed by atoms with Crippen molar-refractivity contribution in [2.24, 2.45) is 16.8 Å². The van der Waals surface area contributed by atoms with Gasteiger partial charge in [0.2, 0.25) is 0 Å². The van der Waals surface area contributed by atoms with Gasteiger partial charge in [-0.3, -0.25) is 4.99 Å². The number of thioether (sulfide) groups is 1. The first-order chi connectivity index (χ1) is 18.9. The van der Waals surface area contributed by atoms with Crippen LogP contribution in [0.15, 0.2) is 59.6 Å². The van der Waals surface area contributed by atoms with Crippen molar-refractivity contribution in [2.45, 2.75) is 68.8 Å². The number of carbonyl (C=O) groups is 1. The summed E-state index contributed by atoms with van der Waals surface area (Å²) in [6.07, 6.45) is 8.59. The van der Waals surface area contributed by atoms with E-state index in [4.69, 9.17) is 21.3 Å². The van der Waals surface area contributed by atoms with E-state index in [2.05, 4.69) is 67.2 Å². The fraction of sp³-hybridized carbons (Fsp3) is 0.562. The zero-order chi connectivity index (χ0) is 27.8. The molecule has 0 aromatic heterocycles. The van der Waals surface area contributed by atoms with Crippen LogP contribution in [0.5, 0.6) is 0 Å². The molecule has 1 aliphatic heterocycles. The number of unbranched alkanes of at least 4 members (excludes halogenated alkanes) is 1. The van der Waals surface area contributed by atoms with Crippen LogP contribution in [0.2, 0.25) is 5.02 Å². The Bertz CT molecular complexity index is 1070. The van der Waals surface area contributed by atoms with Gasteiger partial charge in [0.15, 0.2) is 5.54 Å². The van der Waals surface area contributed by atoms with Crippen molar-refractivity contribution in [2.75, 3.05) is 33.5 Å². The van der Waals surface area contributed by atoms with Gasteiger partial charge in [-0.25, -0.2) is 4.79 Å². The lowest BCUT2D eigenvalue weighted by atomic mass is 9.70. The first kappa shape index (κ1) is 30.0. The van der Waals surface area contributed by atoms with Gasteiger partial charge in [0.1, 0.15) is 0 Å². The Kier molecular flexibility index (Phi) is 10.8. The summed E-state index contributed by atoms with van der Waals surface area (Å²) in [5.74, 6) is 2.24. The Morgan fingerprint density at radius 1 is 1.13 bits per heavy atom. The summed E-state index contributed by atoms with van der Waals surface area (Å²) in [5, 5.41) is 0.776. The second-order valence-corrected chi connectivity index (χ2v) is 12.7. The zero-order valence-electron chi connectivity index (χ0n) is 23.9. The quantitative estimate of drug-likeness (QED) is 0.255. The summed E-state index contributed by atoms with van der Waals surface area (Å²) in [6.45, 7) is 3.15. The van der Waals surface area contributed by atoms with Crippen molar-refractivity contribution in [3.8, 4) is 0 Å². The molecular weight excluding hydrogens is 526 g/mol. The summed E-state index contributed by atoms with van der Waals surface area (Å²) in [6, 6.07) is 19.2. The Labute approximate surface area is 244 Å². The van der Waals surface area contributed by atoms with E-state index in [0.717, 1.165) is 55.8 Å². The fourth-order valence-electron chi connectivity index (χ4n) is 6.66. The van der Waals surface area contributed by atoms with Gasteiger partial charge in [-0.05, 0) is 81.3 Å². The lowest BCUT2D eigenvalue weighted by Gasteiger charge is -2.44. The van der Waals surface area contributed by atoms with Crippen molar-refractivity contribution in [1.29, 1.82) is 0 Å². The highest BCUT2D eigenvalue weighted by atomic mass is 35.5. The fourth-order valence-corrected chi connectivity index (χ4v) is 7.99. The molecule has 0 amide bonds. The van der Waals surface area contributed by atoms with Crippen molar-refractivity contribution in [3.63, 3.8) is 0 Å². The third-order valence-electron chi connectivity index (χ3n) is 8.50. The number of benzene rings is 2. The minimum atomic E-state index is -0.865. The Morgan fingerprint density at radius 3 is 2.44 bits per heavy atom. The monoisotopic (exact) mass is 569 g/mol. The highest BCUT2D eigenvalue weighted by molar-refractivity contribution is 7.98. The van der Waals surface area contributed by atoms with E-state index in [0.29, 0.717) is 23.6 Å². The van der Waals surface area contributed by atoms with Crippen LogP contribution >= 0.6 is 23.4 Å². The molecule has 2 aromatic carbocycles. The van der Waals surface area contributed by atoms with E-state index >= 15 is 0 Å². The van der Waals surface area contributed by atoms with E-state index in [1.165, 1.54) is 18.2 Å². The van der Waals surface area contributed by atoms with Crippen LogP contribution in [0.25, 0.3) is 0 Å². The second kappa shape index (κ2) is 14.0. The van der Waals surface area contributed by atoms with Crippen molar-refractivity contribution in [3.05, 3.63) is 70.7 Å². The van der Waals surface area contributed by atoms with E-state index in [1.54, 1.807) is 11.8 Å². The van der Waals surface area contributed by atoms with Crippen molar-refractivity contribution < 1.29 is 9.53 Å². The van der Waals surface area contributed by atoms with Crippen LogP contribution in [-0.2, 0) is 15.3 Å². The summed E-state index contributed by atoms with van der Waals surface area (Å²) >= 11 is 7.98. The molecule has 0 saturated heterocycles. The number of aliphatic imine (C=N–C) groups is 1. The number of nitrogens with zero attached hydrogens (tertiary/aromatic N) is 3. The van der Waals surface area contributed by atoms with Crippen LogP contribution < -0.4 is 0 Å². The smallest absolute Gasteiger partial charge is 0.336 e. The highest BCUT2D eigenvalue weighted by Gasteiger charge is 2.55. The lowest BCUT2D eigenvalue weighted by molar-refractivity contribution is -0.148. The molecule has 1 aliphatic carbocycles. The Hall–Kier alpha value is -2.02. The summed E-state index contributed by atoms with van der Waals surface area (Å²) < 4.78 is 5.46. The molecule has 0 N–H and O–H groups in total. The first-order valence-corrected chi connectivity index (χ1v) is 15.9. The van der Waals surface area contributed by atoms with Gasteiger partial charge in [0.05, 0.1) is 19.5 Å². The topological polar surface area (TPSA) is 45.1 Å². The van der Waals surface area contributed by atoms with E-state index in [-0.39, 0.29) is 12.0 Å². The van der Waals surface area contributed by atoms with Crippen LogP contribution in [0.3, 0.4) is 0 Å². The van der Waals surface area contributed by atoms with Gasteiger partial charge >= 0.3 is 5.97 Å². The van der Waals surface area contributed by atoms with Gasteiger partial charge in [-0.2, -0.15) is 11.8 Å². The molecule has 0 bridgehead atoms. The maximum Gasteiger partial charge on any atom is 0.336 e. The molecule has 2 aliphatic rings. The average Bonchev–Trinajstić information content (AvgIpc) is 3.32. The first-order valence-electron chi connectivity index (χ1n) is 14.3. The van der Waals surface area contributed by atoms with E-state index in [1.807, 2.05) is 24.5 Å². The number of carbonyl (C=O) groups excluding carboxylic acids is 1. The molecular formula is C32H44ClN3O2S. The van der Waals surface area contributed by atoms with E-state index < -0.39 is 5.54 Å². The van der Waals surface area contributed by atoms with Crippen LogP contribution in [0.1, 0.15) is 62.6 Å². The van der Waals surface area contributed by atoms with E-state index in [9.17, 15) is 4.79 Å². The summed E-state index contributed by atoms with van der Waals surface area (Å²) in [7, 11) is 5.86. The largest absolute Gasteiger partial charge is 0.467 e. The molecule has 0 spiro atoms. The molecule has 3 atom stereocenters. The Balaban J connectivity index is 1.53. The molecule has 3 unspecified atom stereocenters. The predicted molar refractivity (Wildman–Crippen MR) is 165 cm³/mol. The number of rotatable bonds is 12. The maximum absolute atomic E-state index is 13.5. The Morgan fingerprint density at radius 2 is 1.82 bits per heavy atom. The third kappa shape index (κ3) is 7.01. The van der Waals surface area contributed by atoms with Gasteiger partial charge in [-0.1, -0.05) is 67.4 Å². The maximum atomic E-state index is 13.5. The zero-order valence-corrected chi connectivity index (χ0v) is 25.5. The number of ether oxygens (including phenoxy) is 1. The average molecular weight is 570 g/mol. The standard InChI is InChI=1S/C32H44ClN3O2S/c1-5-6-20-36-23-34-32(31(37)38-4,22-39-21-24-10-8-7-9-11-24)30(36)27-14-12-25(13-15-27)29(35(2)3)26-16-18-28(33)19-17-26/h7-11,16-19,23,25,27,29-30H,5-6,12-15,20-22H2,1-4H3. The van der Waals surface area contributed by atoms with Crippen molar-refractivity contribution >= 4 is 35.7 Å². The van der Waals surface area contributed by atoms with Gasteiger partial charge in [-0.15, -0.1) is 0 Å². The number of hydrogen-bond acceptors (Lipinski definition) is 6. The highest BCUT2D eigenvalue weighted by Crippen LogP contribution is 2.46. The molecule has 2 aromatic rings. The van der Waals surface area contributed by atoms with Gasteiger partial charge in [0, 0.05) is 29.1 Å². The number of hydrogen-bond donors (Lipinski definition) is 0. The molecule has 212 valence electrons. The summed E-state index contributed by atoms with van der Waals surface area (Å²) in [4.78, 5) is 23.2. The van der Waals surface area contributed by atoms with Crippen LogP contribution in [0.4, 0.5) is 0 Å². The van der Waals surface area contributed by atoms with Gasteiger partial charge < -0.3 is 14.5 Å². The molecule has 7 heteroatoms. The third-order valence-corrected chi connectivity index (χ3v) is 9.94. The minimum Gasteiger partial charge on any atom is -0.467 e. The number of methoxy groups -OCH3 is 1. The minimum absolute atomic E-state index is 0.0362. The molecule has 5 nitrogen and oxygen atoms in total. The predicted octanol–water partition coefficient (Wildman–Crippen LogP) is 7.11. The number of halogens is 1. The summed E-state index contributed by atoms with van der Waals surface area (Å²) in [5.41, 5.74) is 1.72. The molecule has 1 fully saturated rings. The molecule has 4 rings (SSSR count). The normalized spacial score (nSPS) is 25.7. The second-order valence-electron chi connectivity index (χ2n) is 11.3.